The number of hydrogen-bond acceptors (Lipinski definition) is 4. The molecule has 5 rings (SSSR count). The number of benzene rings is 3. The normalized spacial score (nSPS) is 16.2. The number of para-hydroxylation sites is 1. The molecule has 2 N–H and O–H groups in total. The number of aryl methyl sites for hydroxylation is 2. The van der Waals surface area contributed by atoms with Crippen molar-refractivity contribution in [2.24, 2.45) is 0 Å². The van der Waals surface area contributed by atoms with E-state index in [4.69, 9.17) is 9.84 Å². The van der Waals surface area contributed by atoms with Gasteiger partial charge in [0.05, 0.1) is 5.56 Å². The van der Waals surface area contributed by atoms with Crippen LogP contribution < -0.4 is 4.74 Å². The minimum Gasteiger partial charge on any atom is -0.489 e. The molecule has 3 aromatic carbocycles. The Balaban J connectivity index is 1.31. The zero-order valence-electron chi connectivity index (χ0n) is 23.8. The van der Waals surface area contributed by atoms with E-state index in [2.05, 4.69) is 41.3 Å². The average Bonchev–Trinajstić information content (AvgIpc) is 2.99. The number of fused-ring (bicyclic) bond motifs is 2. The second-order valence-corrected chi connectivity index (χ2v) is 11.4. The molecule has 0 aromatic heterocycles. The van der Waals surface area contributed by atoms with Gasteiger partial charge in [0.2, 0.25) is 0 Å². The van der Waals surface area contributed by atoms with Crippen molar-refractivity contribution in [3.63, 3.8) is 0 Å². The molecule has 0 radical (unpaired) electrons. The summed E-state index contributed by atoms with van der Waals surface area (Å²) in [6, 6.07) is 20.6. The minimum atomic E-state index is -0.895. The third kappa shape index (κ3) is 7.36. The highest BCUT2D eigenvalue weighted by molar-refractivity contribution is 5.88. The monoisotopic (exact) mass is 555 g/mol. The van der Waals surface area contributed by atoms with E-state index < -0.39 is 11.9 Å². The van der Waals surface area contributed by atoms with Crippen LogP contribution in [0.25, 0.3) is 0 Å². The molecular weight excluding hydrogens is 514 g/mol. The Morgan fingerprint density at radius 2 is 1.63 bits per heavy atom. The molecule has 6 heteroatoms. The Labute approximate surface area is 243 Å². The van der Waals surface area contributed by atoms with E-state index in [0.29, 0.717) is 18.6 Å². The van der Waals surface area contributed by atoms with E-state index in [9.17, 15) is 14.7 Å². The van der Waals surface area contributed by atoms with Crippen molar-refractivity contribution in [3.05, 3.63) is 99.6 Å². The number of carboxylic acids is 2. The summed E-state index contributed by atoms with van der Waals surface area (Å²) >= 11 is 0. The van der Waals surface area contributed by atoms with E-state index in [1.54, 1.807) is 6.07 Å². The molecule has 3 aromatic rings. The van der Waals surface area contributed by atoms with Crippen LogP contribution in [-0.4, -0.2) is 40.1 Å². The molecule has 6 nitrogen and oxygen atoms in total. The van der Waals surface area contributed by atoms with E-state index >= 15 is 0 Å². The van der Waals surface area contributed by atoms with Crippen LogP contribution >= 0.6 is 0 Å². The van der Waals surface area contributed by atoms with Crippen molar-refractivity contribution in [3.8, 4) is 5.75 Å². The van der Waals surface area contributed by atoms with Gasteiger partial charge in [-0.05, 0) is 122 Å². The first kappa shape index (κ1) is 28.9. The van der Waals surface area contributed by atoms with Crippen molar-refractivity contribution in [1.29, 1.82) is 0 Å². The highest BCUT2D eigenvalue weighted by Gasteiger charge is 2.27. The number of ether oxygens (including phenoxy) is 1. The fraction of sp³-hybridized carbons (Fsp3) is 0.429. The molecule has 0 unspecified atom stereocenters. The molecule has 41 heavy (non-hydrogen) atoms. The fourth-order valence-electron chi connectivity index (χ4n) is 6.58. The van der Waals surface area contributed by atoms with Gasteiger partial charge in [0.25, 0.3) is 0 Å². The fourth-order valence-corrected chi connectivity index (χ4v) is 6.58. The Morgan fingerprint density at radius 1 is 0.829 bits per heavy atom. The molecule has 216 valence electrons. The number of carbonyl (C=O) groups is 2. The number of unbranched alkanes of at least 4 members (excludes halogenated alkanes) is 1. The number of nitrogens with zero attached hydrogens (tertiary/aromatic N) is 1. The third-order valence-electron chi connectivity index (χ3n) is 8.72. The third-order valence-corrected chi connectivity index (χ3v) is 8.72. The predicted octanol–water partition coefficient (Wildman–Crippen LogP) is 7.02. The van der Waals surface area contributed by atoms with Crippen LogP contribution in [0.3, 0.4) is 0 Å². The summed E-state index contributed by atoms with van der Waals surface area (Å²) in [5.41, 5.74) is 8.05. The molecule has 0 saturated carbocycles. The zero-order valence-corrected chi connectivity index (χ0v) is 23.8. The van der Waals surface area contributed by atoms with Crippen molar-refractivity contribution < 1.29 is 24.5 Å². The maximum Gasteiger partial charge on any atom is 0.335 e. The van der Waals surface area contributed by atoms with Gasteiger partial charge in [-0.3, -0.25) is 9.69 Å². The van der Waals surface area contributed by atoms with Gasteiger partial charge in [0.1, 0.15) is 12.4 Å². The van der Waals surface area contributed by atoms with Gasteiger partial charge in [-0.15, -0.1) is 0 Å². The summed E-state index contributed by atoms with van der Waals surface area (Å²) in [6.45, 7) is 2.19. The van der Waals surface area contributed by atoms with Crippen LogP contribution in [0, 0.1) is 0 Å². The van der Waals surface area contributed by atoms with E-state index in [-0.39, 0.29) is 12.5 Å². The number of hydrogen-bond donors (Lipinski definition) is 2. The van der Waals surface area contributed by atoms with Gasteiger partial charge in [-0.25, -0.2) is 4.79 Å². The summed E-state index contributed by atoms with van der Waals surface area (Å²) in [6.07, 6.45) is 10.1. The summed E-state index contributed by atoms with van der Waals surface area (Å²) in [4.78, 5) is 25.2. The molecular formula is C35H41NO5. The number of aliphatic carboxylic acids is 1. The first-order valence-electron chi connectivity index (χ1n) is 15.1. The molecule has 0 bridgehead atoms. The van der Waals surface area contributed by atoms with Crippen LogP contribution in [0.5, 0.6) is 5.75 Å². The van der Waals surface area contributed by atoms with Crippen LogP contribution in [0.2, 0.25) is 0 Å². The summed E-state index contributed by atoms with van der Waals surface area (Å²) in [5, 5.41) is 18.6. The van der Waals surface area contributed by atoms with Crippen LogP contribution in [0.15, 0.2) is 60.7 Å². The van der Waals surface area contributed by atoms with E-state index in [1.807, 2.05) is 18.2 Å². The second-order valence-electron chi connectivity index (χ2n) is 11.4. The molecule has 0 saturated heterocycles. The van der Waals surface area contributed by atoms with Gasteiger partial charge in [-0.2, -0.15) is 0 Å². The lowest BCUT2D eigenvalue weighted by molar-refractivity contribution is -0.137. The second kappa shape index (κ2) is 13.8. The standard InChI is InChI=1S/C35H41NO5/c37-34(38)17-5-6-21-36(32-15-8-12-27-23-28(35(39)40)18-19-31(27)32)22-20-26-10-2-4-16-33(26)41-24-29-13-7-11-25-9-1-3-14-30(25)29/h2,4,7,10-11,13,16,18-19,23,32H,1,3,5-6,8-9,12,14-15,17,20-22,24H2,(H,37,38)(H,39,40)/t32-/m0/s1. The minimum absolute atomic E-state index is 0.178. The van der Waals surface area contributed by atoms with E-state index in [0.717, 1.165) is 69.3 Å². The van der Waals surface area contributed by atoms with Gasteiger partial charge in [-0.1, -0.05) is 42.5 Å². The molecule has 0 amide bonds. The van der Waals surface area contributed by atoms with Gasteiger partial charge in [0, 0.05) is 19.0 Å². The lowest BCUT2D eigenvalue weighted by Crippen LogP contribution is -2.34. The van der Waals surface area contributed by atoms with Gasteiger partial charge in [0.15, 0.2) is 0 Å². The predicted molar refractivity (Wildman–Crippen MR) is 160 cm³/mol. The maximum absolute atomic E-state index is 11.6. The largest absolute Gasteiger partial charge is 0.489 e. The Bertz CT molecular complexity index is 1370. The highest BCUT2D eigenvalue weighted by atomic mass is 16.5. The van der Waals surface area contributed by atoms with Gasteiger partial charge < -0.3 is 14.9 Å². The molecule has 2 aliphatic rings. The summed E-state index contributed by atoms with van der Waals surface area (Å²) in [7, 11) is 0. The molecule has 0 aliphatic heterocycles. The SMILES string of the molecule is O=C(O)CCCCN(CCc1ccccc1OCc1cccc2c1CCCC2)[C@H]1CCCc2cc(C(=O)O)ccc21. The Morgan fingerprint density at radius 3 is 2.49 bits per heavy atom. The molecule has 0 fully saturated rings. The zero-order chi connectivity index (χ0) is 28.6. The number of carboxylic acid groups (broad SMARTS) is 2. The smallest absolute Gasteiger partial charge is 0.335 e. The van der Waals surface area contributed by atoms with Crippen molar-refractivity contribution >= 4 is 11.9 Å². The Hall–Kier alpha value is -3.64. The Kier molecular flexibility index (Phi) is 9.73. The quantitative estimate of drug-likeness (QED) is 0.220. The average molecular weight is 556 g/mol. The molecule has 0 heterocycles. The van der Waals surface area contributed by atoms with Crippen LogP contribution in [-0.2, 0) is 37.1 Å². The molecule has 0 spiro atoms. The van der Waals surface area contributed by atoms with Crippen molar-refractivity contribution in [2.75, 3.05) is 13.1 Å². The van der Waals surface area contributed by atoms with Crippen molar-refractivity contribution in [1.82, 2.24) is 4.90 Å². The molecule has 2 aliphatic carbocycles. The van der Waals surface area contributed by atoms with Crippen molar-refractivity contribution in [2.45, 2.75) is 83.3 Å². The summed E-state index contributed by atoms with van der Waals surface area (Å²) < 4.78 is 6.44. The number of aromatic carboxylic acids is 1. The first-order chi connectivity index (χ1) is 20.0. The van der Waals surface area contributed by atoms with E-state index in [1.165, 1.54) is 40.7 Å². The van der Waals surface area contributed by atoms with Crippen LogP contribution in [0.4, 0.5) is 0 Å². The lowest BCUT2D eigenvalue weighted by Gasteiger charge is -2.36. The highest BCUT2D eigenvalue weighted by Crippen LogP contribution is 2.36. The maximum atomic E-state index is 11.6. The van der Waals surface area contributed by atoms with Gasteiger partial charge >= 0.3 is 11.9 Å². The summed E-state index contributed by atoms with van der Waals surface area (Å²) in [5.74, 6) is -0.735. The first-order valence-corrected chi connectivity index (χ1v) is 15.1. The molecule has 1 atom stereocenters. The lowest BCUT2D eigenvalue weighted by atomic mass is 9.85. The topological polar surface area (TPSA) is 87.1 Å². The number of rotatable bonds is 13. The van der Waals surface area contributed by atoms with Crippen LogP contribution in [0.1, 0.15) is 94.7 Å².